The van der Waals surface area contributed by atoms with Crippen LogP contribution in [0.2, 0.25) is 5.02 Å². The van der Waals surface area contributed by atoms with Crippen molar-refractivity contribution < 1.29 is 19.1 Å². The van der Waals surface area contributed by atoms with Crippen molar-refractivity contribution in [1.29, 1.82) is 0 Å². The minimum atomic E-state index is -0.408. The molecule has 1 heterocycles. The first-order valence-corrected chi connectivity index (χ1v) is 11.5. The fourth-order valence-corrected chi connectivity index (χ4v) is 4.09. The van der Waals surface area contributed by atoms with E-state index in [2.05, 4.69) is 12.1 Å². The second kappa shape index (κ2) is 9.61. The lowest BCUT2D eigenvalue weighted by Gasteiger charge is -2.10. The van der Waals surface area contributed by atoms with Gasteiger partial charge in [0, 0.05) is 10.6 Å². The standard InChI is InChI=1S/C30H21ClO4/c1-19-26(34-28(32)18-21-9-13-24(31)14-10-21)16-15-25-29(33)27(35-30(19)25)17-20-7-11-23(12-8-20)22-5-3-2-4-6-22/h2-17H,18H2,1H3/b27-17-. The Bertz CT molecular complexity index is 1440. The number of hydrogen-bond donors (Lipinski definition) is 0. The summed E-state index contributed by atoms with van der Waals surface area (Å²) in [6.45, 7) is 1.77. The third kappa shape index (κ3) is 4.88. The van der Waals surface area contributed by atoms with E-state index >= 15 is 0 Å². The molecule has 0 N–H and O–H groups in total. The van der Waals surface area contributed by atoms with Crippen LogP contribution >= 0.6 is 11.6 Å². The van der Waals surface area contributed by atoms with E-state index in [4.69, 9.17) is 21.1 Å². The Kier molecular flexibility index (Phi) is 6.21. The van der Waals surface area contributed by atoms with E-state index in [1.807, 2.05) is 42.5 Å². The number of Topliss-reactive ketones (excluding diaryl/α,β-unsaturated/α-hetero) is 1. The Morgan fingerprint density at radius 2 is 1.57 bits per heavy atom. The van der Waals surface area contributed by atoms with E-state index in [1.54, 1.807) is 49.4 Å². The molecule has 0 radical (unpaired) electrons. The maximum Gasteiger partial charge on any atom is 0.315 e. The van der Waals surface area contributed by atoms with Gasteiger partial charge >= 0.3 is 5.97 Å². The van der Waals surface area contributed by atoms with Crippen LogP contribution < -0.4 is 9.47 Å². The second-order valence-electron chi connectivity index (χ2n) is 8.27. The first-order valence-electron chi connectivity index (χ1n) is 11.2. The number of halogens is 1. The first kappa shape index (κ1) is 22.6. The zero-order chi connectivity index (χ0) is 24.4. The molecule has 1 aliphatic heterocycles. The van der Waals surface area contributed by atoms with Crippen molar-refractivity contribution in [2.24, 2.45) is 0 Å². The summed E-state index contributed by atoms with van der Waals surface area (Å²) < 4.78 is 11.5. The van der Waals surface area contributed by atoms with Crippen molar-refractivity contribution in [1.82, 2.24) is 0 Å². The summed E-state index contributed by atoms with van der Waals surface area (Å²) in [6, 6.07) is 28.3. The predicted molar refractivity (Wildman–Crippen MR) is 137 cm³/mol. The number of rotatable bonds is 5. The van der Waals surface area contributed by atoms with Crippen LogP contribution in [0.25, 0.3) is 17.2 Å². The lowest BCUT2D eigenvalue weighted by atomic mass is 10.0. The first-order chi connectivity index (χ1) is 17.0. The molecule has 5 rings (SSSR count). The summed E-state index contributed by atoms with van der Waals surface area (Å²) in [6.07, 6.45) is 1.83. The molecule has 4 aromatic carbocycles. The maximum atomic E-state index is 12.9. The smallest absolute Gasteiger partial charge is 0.315 e. The van der Waals surface area contributed by atoms with Crippen LogP contribution in [0.15, 0.2) is 96.8 Å². The van der Waals surface area contributed by atoms with Gasteiger partial charge in [-0.3, -0.25) is 9.59 Å². The summed E-state index contributed by atoms with van der Waals surface area (Å²) >= 11 is 5.90. The molecule has 0 amide bonds. The summed E-state index contributed by atoms with van der Waals surface area (Å²) in [5.74, 6) is 0.409. The van der Waals surface area contributed by atoms with Gasteiger partial charge in [0.25, 0.3) is 0 Å². The Morgan fingerprint density at radius 3 is 2.29 bits per heavy atom. The van der Waals surface area contributed by atoms with E-state index in [1.165, 1.54) is 0 Å². The summed E-state index contributed by atoms with van der Waals surface area (Å²) in [5.41, 5.74) is 4.92. The van der Waals surface area contributed by atoms with E-state index in [0.717, 1.165) is 22.3 Å². The molecule has 4 aromatic rings. The van der Waals surface area contributed by atoms with Crippen LogP contribution in [0.5, 0.6) is 11.5 Å². The summed E-state index contributed by atoms with van der Waals surface area (Å²) in [7, 11) is 0. The highest BCUT2D eigenvalue weighted by Gasteiger charge is 2.30. The van der Waals surface area contributed by atoms with Gasteiger partial charge in [-0.25, -0.2) is 0 Å². The van der Waals surface area contributed by atoms with E-state index < -0.39 is 5.97 Å². The predicted octanol–water partition coefficient (Wildman–Crippen LogP) is 7.08. The quantitative estimate of drug-likeness (QED) is 0.174. The highest BCUT2D eigenvalue weighted by Crippen LogP contribution is 2.39. The molecular weight excluding hydrogens is 460 g/mol. The number of allylic oxidation sites excluding steroid dienone is 1. The monoisotopic (exact) mass is 480 g/mol. The molecule has 35 heavy (non-hydrogen) atoms. The van der Waals surface area contributed by atoms with E-state index in [-0.39, 0.29) is 18.0 Å². The van der Waals surface area contributed by atoms with Gasteiger partial charge in [-0.2, -0.15) is 0 Å². The maximum absolute atomic E-state index is 12.9. The molecule has 0 unspecified atom stereocenters. The van der Waals surface area contributed by atoms with E-state index in [0.29, 0.717) is 27.6 Å². The molecule has 0 spiro atoms. The fraction of sp³-hybridized carbons (Fsp3) is 0.0667. The van der Waals surface area contributed by atoms with Gasteiger partial charge in [0.05, 0.1) is 12.0 Å². The molecule has 0 saturated heterocycles. The van der Waals surface area contributed by atoms with Gasteiger partial charge < -0.3 is 9.47 Å². The SMILES string of the molecule is Cc1c(OC(=O)Cc2ccc(Cl)cc2)ccc2c1O/C(=C\c1ccc(-c3ccccc3)cc1)C2=O. The zero-order valence-corrected chi connectivity index (χ0v) is 19.7. The average Bonchev–Trinajstić information content (AvgIpc) is 3.19. The van der Waals surface area contributed by atoms with Crippen LogP contribution in [0.3, 0.4) is 0 Å². The van der Waals surface area contributed by atoms with Crippen LogP contribution in [-0.4, -0.2) is 11.8 Å². The molecule has 0 saturated carbocycles. The molecule has 4 nitrogen and oxygen atoms in total. The number of benzene rings is 4. The number of carbonyl (C=O) groups excluding carboxylic acids is 2. The van der Waals surface area contributed by atoms with Crippen molar-refractivity contribution in [3.8, 4) is 22.6 Å². The molecule has 0 bridgehead atoms. The molecule has 0 aromatic heterocycles. The van der Waals surface area contributed by atoms with Gasteiger partial charge in [0.2, 0.25) is 5.78 Å². The van der Waals surface area contributed by atoms with Gasteiger partial charge in [-0.15, -0.1) is 0 Å². The third-order valence-electron chi connectivity index (χ3n) is 5.84. The second-order valence-corrected chi connectivity index (χ2v) is 8.71. The minimum Gasteiger partial charge on any atom is -0.452 e. The molecule has 5 heteroatoms. The largest absolute Gasteiger partial charge is 0.452 e. The van der Waals surface area contributed by atoms with Crippen molar-refractivity contribution in [3.05, 3.63) is 124 Å². The Hall–Kier alpha value is -4.15. The van der Waals surface area contributed by atoms with Crippen molar-refractivity contribution >= 4 is 29.4 Å². The molecule has 1 aliphatic rings. The number of esters is 1. The number of ketones is 1. The zero-order valence-electron chi connectivity index (χ0n) is 19.0. The fourth-order valence-electron chi connectivity index (χ4n) is 3.96. The molecular formula is C30H21ClO4. The number of ether oxygens (including phenoxy) is 2. The van der Waals surface area contributed by atoms with Gasteiger partial charge in [-0.1, -0.05) is 78.3 Å². The Labute approximate surface area is 208 Å². The van der Waals surface area contributed by atoms with Crippen LogP contribution in [0, 0.1) is 6.92 Å². The highest BCUT2D eigenvalue weighted by molar-refractivity contribution is 6.30. The van der Waals surface area contributed by atoms with Crippen molar-refractivity contribution in [3.63, 3.8) is 0 Å². The average molecular weight is 481 g/mol. The van der Waals surface area contributed by atoms with Crippen LogP contribution in [0.4, 0.5) is 0 Å². The molecule has 0 fully saturated rings. The van der Waals surface area contributed by atoms with Crippen molar-refractivity contribution in [2.75, 3.05) is 0 Å². The number of carbonyl (C=O) groups is 2. The lowest BCUT2D eigenvalue weighted by molar-refractivity contribution is -0.133. The topological polar surface area (TPSA) is 52.6 Å². The van der Waals surface area contributed by atoms with Crippen molar-refractivity contribution in [2.45, 2.75) is 13.3 Å². The normalized spacial score (nSPS) is 13.4. The van der Waals surface area contributed by atoms with Gasteiger partial charge in [0.15, 0.2) is 5.76 Å². The number of hydrogen-bond acceptors (Lipinski definition) is 4. The van der Waals surface area contributed by atoms with Crippen LogP contribution in [0.1, 0.15) is 27.0 Å². The minimum absolute atomic E-state index is 0.109. The van der Waals surface area contributed by atoms with Gasteiger partial charge in [0.1, 0.15) is 11.5 Å². The molecule has 0 aliphatic carbocycles. The summed E-state index contributed by atoms with van der Waals surface area (Å²) in [5, 5.41) is 0.606. The van der Waals surface area contributed by atoms with Crippen LogP contribution in [-0.2, 0) is 11.2 Å². The summed E-state index contributed by atoms with van der Waals surface area (Å²) in [4.78, 5) is 25.4. The third-order valence-corrected chi connectivity index (χ3v) is 6.09. The number of fused-ring (bicyclic) bond motifs is 1. The van der Waals surface area contributed by atoms with E-state index in [9.17, 15) is 9.59 Å². The molecule has 172 valence electrons. The van der Waals surface area contributed by atoms with Gasteiger partial charge in [-0.05, 0) is 59.5 Å². The highest BCUT2D eigenvalue weighted by atomic mass is 35.5. The Morgan fingerprint density at radius 1 is 0.886 bits per heavy atom. The lowest BCUT2D eigenvalue weighted by Crippen LogP contribution is -2.12. The molecule has 0 atom stereocenters. The Balaban J connectivity index is 1.32.